The number of aromatic nitrogens is 1. The third-order valence-electron chi connectivity index (χ3n) is 5.17. The molecule has 0 aliphatic heterocycles. The van der Waals surface area contributed by atoms with Crippen LogP contribution < -0.4 is 16.0 Å². The van der Waals surface area contributed by atoms with Gasteiger partial charge in [-0.1, -0.05) is 12.0 Å². The summed E-state index contributed by atoms with van der Waals surface area (Å²) in [6, 6.07) is 13.7. The Morgan fingerprint density at radius 2 is 1.76 bits per heavy atom. The predicted octanol–water partition coefficient (Wildman–Crippen LogP) is 3.25. The maximum atomic E-state index is 12.4. The van der Waals surface area contributed by atoms with Crippen LogP contribution in [0.5, 0.6) is 0 Å². The van der Waals surface area contributed by atoms with E-state index in [0.717, 1.165) is 10.9 Å². The van der Waals surface area contributed by atoms with Crippen LogP contribution in [0.25, 0.3) is 10.9 Å². The summed E-state index contributed by atoms with van der Waals surface area (Å²) < 4.78 is 1.89. The minimum atomic E-state index is -0.502. The molecule has 0 saturated heterocycles. The van der Waals surface area contributed by atoms with Gasteiger partial charge < -0.3 is 25.4 Å². The lowest BCUT2D eigenvalue weighted by atomic mass is 10.2. The average molecular weight is 446 g/mol. The number of amides is 4. The maximum absolute atomic E-state index is 12.4. The SMILES string of the molecule is C#Cc1cccc(NC(=O)CNC(=O)Nc2ccc3c(ccn3CC(=O)N(CC)CC)c2)c1. The number of anilines is 2. The highest BCUT2D eigenvalue weighted by molar-refractivity contribution is 5.98. The molecule has 3 N–H and O–H groups in total. The summed E-state index contributed by atoms with van der Waals surface area (Å²) in [5.41, 5.74) is 2.69. The normalized spacial score (nSPS) is 10.3. The molecule has 1 aromatic heterocycles. The number of hydrogen-bond acceptors (Lipinski definition) is 3. The molecular weight excluding hydrogens is 418 g/mol. The lowest BCUT2D eigenvalue weighted by Gasteiger charge is -2.19. The van der Waals surface area contributed by atoms with Crippen LogP contribution in [0.4, 0.5) is 16.2 Å². The van der Waals surface area contributed by atoms with E-state index in [1.807, 2.05) is 42.8 Å². The molecule has 3 rings (SSSR count). The fourth-order valence-corrected chi connectivity index (χ4v) is 3.47. The Labute approximate surface area is 192 Å². The van der Waals surface area contributed by atoms with Crippen molar-refractivity contribution in [2.75, 3.05) is 30.3 Å². The lowest BCUT2D eigenvalue weighted by Crippen LogP contribution is -2.35. The number of nitrogens with zero attached hydrogens (tertiary/aromatic N) is 2. The summed E-state index contributed by atoms with van der Waals surface area (Å²) in [4.78, 5) is 38.5. The standard InChI is InChI=1S/C25H27N5O3/c1-4-18-8-7-9-20(14-18)27-23(31)16-26-25(33)28-21-10-11-22-19(15-21)12-13-30(22)17-24(32)29(5-2)6-3/h1,7-15H,5-6,16-17H2,2-3H3,(H,27,31)(H2,26,28,33). The van der Waals surface area contributed by atoms with Crippen LogP contribution in [-0.2, 0) is 16.1 Å². The zero-order valence-electron chi connectivity index (χ0n) is 18.7. The van der Waals surface area contributed by atoms with E-state index < -0.39 is 6.03 Å². The van der Waals surface area contributed by atoms with Gasteiger partial charge in [0.2, 0.25) is 11.8 Å². The molecule has 8 heteroatoms. The van der Waals surface area contributed by atoms with Crippen LogP contribution >= 0.6 is 0 Å². The number of nitrogens with one attached hydrogen (secondary N) is 3. The Kier molecular flexibility index (Phi) is 7.71. The summed E-state index contributed by atoms with van der Waals surface area (Å²) >= 11 is 0. The molecule has 0 spiro atoms. The van der Waals surface area contributed by atoms with Gasteiger partial charge in [0, 0.05) is 47.1 Å². The van der Waals surface area contributed by atoms with E-state index >= 15 is 0 Å². The number of likely N-dealkylation sites (N-methyl/N-ethyl adjacent to an activating group) is 1. The Balaban J connectivity index is 1.55. The lowest BCUT2D eigenvalue weighted by molar-refractivity contribution is -0.131. The van der Waals surface area contributed by atoms with E-state index in [4.69, 9.17) is 6.42 Å². The molecule has 0 aliphatic rings. The topological polar surface area (TPSA) is 95.5 Å². The highest BCUT2D eigenvalue weighted by atomic mass is 16.2. The maximum Gasteiger partial charge on any atom is 0.319 e. The number of terminal acetylenes is 1. The van der Waals surface area contributed by atoms with Gasteiger partial charge in [-0.25, -0.2) is 4.79 Å². The van der Waals surface area contributed by atoms with Crippen LogP contribution in [0, 0.1) is 12.3 Å². The molecule has 1 heterocycles. The molecule has 2 aromatic carbocycles. The molecule has 0 saturated carbocycles. The van der Waals surface area contributed by atoms with E-state index in [-0.39, 0.29) is 24.9 Å². The van der Waals surface area contributed by atoms with Crippen molar-refractivity contribution in [3.05, 3.63) is 60.3 Å². The Bertz CT molecular complexity index is 1200. The number of rotatable bonds is 8. The Morgan fingerprint density at radius 1 is 1.00 bits per heavy atom. The van der Waals surface area contributed by atoms with Crippen molar-refractivity contribution >= 4 is 40.1 Å². The molecule has 8 nitrogen and oxygen atoms in total. The van der Waals surface area contributed by atoms with Crippen molar-refractivity contribution in [3.63, 3.8) is 0 Å². The fraction of sp³-hybridized carbons (Fsp3) is 0.240. The quantitative estimate of drug-likeness (QED) is 0.465. The molecule has 4 amide bonds. The molecule has 0 radical (unpaired) electrons. The third-order valence-corrected chi connectivity index (χ3v) is 5.17. The summed E-state index contributed by atoms with van der Waals surface area (Å²) in [6.07, 6.45) is 7.21. The van der Waals surface area contributed by atoms with Gasteiger partial charge in [-0.05, 0) is 56.3 Å². The molecule has 0 fully saturated rings. The van der Waals surface area contributed by atoms with E-state index in [9.17, 15) is 14.4 Å². The van der Waals surface area contributed by atoms with Crippen LogP contribution in [0.3, 0.4) is 0 Å². The average Bonchev–Trinajstić information content (AvgIpc) is 3.20. The molecule has 33 heavy (non-hydrogen) atoms. The van der Waals surface area contributed by atoms with E-state index in [0.29, 0.717) is 30.0 Å². The second-order valence-corrected chi connectivity index (χ2v) is 7.36. The molecular formula is C25H27N5O3. The Hall–Kier alpha value is -4.25. The highest BCUT2D eigenvalue weighted by Crippen LogP contribution is 2.21. The number of hydrogen-bond donors (Lipinski definition) is 3. The van der Waals surface area contributed by atoms with Crippen LogP contribution in [0.15, 0.2) is 54.7 Å². The van der Waals surface area contributed by atoms with Gasteiger partial charge in [-0.15, -0.1) is 6.42 Å². The molecule has 0 aliphatic carbocycles. The number of fused-ring (bicyclic) bond motifs is 1. The van der Waals surface area contributed by atoms with Crippen molar-refractivity contribution in [1.29, 1.82) is 0 Å². The first-order chi connectivity index (χ1) is 15.9. The van der Waals surface area contributed by atoms with Gasteiger partial charge in [-0.2, -0.15) is 0 Å². The zero-order chi connectivity index (χ0) is 23.8. The first-order valence-electron chi connectivity index (χ1n) is 10.7. The number of urea groups is 1. The largest absolute Gasteiger partial charge is 0.342 e. The predicted molar refractivity (Wildman–Crippen MR) is 130 cm³/mol. The minimum absolute atomic E-state index is 0.0587. The molecule has 0 unspecified atom stereocenters. The van der Waals surface area contributed by atoms with Gasteiger partial charge in [0.15, 0.2) is 0 Å². The summed E-state index contributed by atoms with van der Waals surface area (Å²) in [5, 5.41) is 8.82. The summed E-state index contributed by atoms with van der Waals surface area (Å²) in [5.74, 6) is 2.19. The zero-order valence-corrected chi connectivity index (χ0v) is 18.7. The van der Waals surface area contributed by atoms with Crippen molar-refractivity contribution in [2.45, 2.75) is 20.4 Å². The van der Waals surface area contributed by atoms with Gasteiger partial charge in [0.05, 0.1) is 6.54 Å². The molecule has 170 valence electrons. The second kappa shape index (κ2) is 10.9. The smallest absolute Gasteiger partial charge is 0.319 e. The highest BCUT2D eigenvalue weighted by Gasteiger charge is 2.12. The summed E-state index contributed by atoms with van der Waals surface area (Å²) in [7, 11) is 0. The third kappa shape index (κ3) is 6.14. The first kappa shape index (κ1) is 23.4. The number of carbonyl (C=O) groups excluding carboxylic acids is 3. The summed E-state index contributed by atoms with van der Waals surface area (Å²) in [6.45, 7) is 5.33. The van der Waals surface area contributed by atoms with Crippen LogP contribution in [0.1, 0.15) is 19.4 Å². The van der Waals surface area contributed by atoms with Crippen molar-refractivity contribution in [1.82, 2.24) is 14.8 Å². The molecule has 0 bridgehead atoms. The Morgan fingerprint density at radius 3 is 2.48 bits per heavy atom. The van der Waals surface area contributed by atoms with E-state index in [1.165, 1.54) is 0 Å². The van der Waals surface area contributed by atoms with Crippen molar-refractivity contribution in [2.24, 2.45) is 0 Å². The molecule has 0 atom stereocenters. The fourth-order valence-electron chi connectivity index (χ4n) is 3.47. The van der Waals surface area contributed by atoms with Gasteiger partial charge in [-0.3, -0.25) is 9.59 Å². The van der Waals surface area contributed by atoms with Crippen molar-refractivity contribution < 1.29 is 14.4 Å². The van der Waals surface area contributed by atoms with Crippen molar-refractivity contribution in [3.8, 4) is 12.3 Å². The van der Waals surface area contributed by atoms with Gasteiger partial charge >= 0.3 is 6.03 Å². The van der Waals surface area contributed by atoms with E-state index in [1.54, 1.807) is 35.2 Å². The molecule has 3 aromatic rings. The number of carbonyl (C=O) groups is 3. The van der Waals surface area contributed by atoms with E-state index in [2.05, 4.69) is 21.9 Å². The van der Waals surface area contributed by atoms with Crippen LogP contribution in [0.2, 0.25) is 0 Å². The second-order valence-electron chi connectivity index (χ2n) is 7.36. The van der Waals surface area contributed by atoms with Gasteiger partial charge in [0.25, 0.3) is 0 Å². The van der Waals surface area contributed by atoms with Gasteiger partial charge in [0.1, 0.15) is 6.54 Å². The first-order valence-corrected chi connectivity index (χ1v) is 10.7. The van der Waals surface area contributed by atoms with Crippen LogP contribution in [-0.4, -0.2) is 46.9 Å². The number of benzene rings is 2. The minimum Gasteiger partial charge on any atom is -0.342 e. The monoisotopic (exact) mass is 445 g/mol.